The topological polar surface area (TPSA) is 63.4 Å². The number of fused-ring (bicyclic) bond motifs is 2. The molecule has 3 aromatic rings. The lowest BCUT2D eigenvalue weighted by Gasteiger charge is -2.18. The van der Waals surface area contributed by atoms with Gasteiger partial charge in [0.15, 0.2) is 11.5 Å². The summed E-state index contributed by atoms with van der Waals surface area (Å²) in [5.74, 6) is 1.20. The number of hydrogen-bond acceptors (Lipinski definition) is 3. The van der Waals surface area contributed by atoms with Gasteiger partial charge in [0.1, 0.15) is 13.2 Å². The van der Waals surface area contributed by atoms with Gasteiger partial charge in [-0.25, -0.2) is 0 Å². The van der Waals surface area contributed by atoms with Crippen LogP contribution in [-0.4, -0.2) is 24.1 Å². The van der Waals surface area contributed by atoms with Crippen LogP contribution in [0.15, 0.2) is 48.7 Å². The van der Waals surface area contributed by atoms with Crippen LogP contribution in [0.4, 0.5) is 5.69 Å². The molecule has 5 nitrogen and oxygen atoms in total. The number of benzene rings is 2. The number of nitrogens with one attached hydrogen (secondary N) is 2. The molecular formula is C17H14N2O3. The molecular weight excluding hydrogens is 280 g/mol. The highest BCUT2D eigenvalue weighted by Gasteiger charge is 2.15. The number of amides is 1. The van der Waals surface area contributed by atoms with Gasteiger partial charge in [-0.05, 0) is 18.2 Å². The van der Waals surface area contributed by atoms with Crippen LogP contribution >= 0.6 is 0 Å². The van der Waals surface area contributed by atoms with E-state index in [9.17, 15) is 4.79 Å². The van der Waals surface area contributed by atoms with Crippen molar-refractivity contribution >= 4 is 22.5 Å². The maximum atomic E-state index is 12.5. The molecule has 1 aliphatic rings. The van der Waals surface area contributed by atoms with Crippen molar-refractivity contribution < 1.29 is 14.3 Å². The quantitative estimate of drug-likeness (QED) is 0.763. The highest BCUT2D eigenvalue weighted by atomic mass is 16.6. The van der Waals surface area contributed by atoms with E-state index < -0.39 is 0 Å². The number of aromatic nitrogens is 1. The molecule has 0 spiro atoms. The fraction of sp³-hybridized carbons (Fsp3) is 0.118. The first kappa shape index (κ1) is 12.8. The van der Waals surface area contributed by atoms with Crippen LogP contribution in [0.5, 0.6) is 11.5 Å². The molecule has 0 unspecified atom stereocenters. The summed E-state index contributed by atoms with van der Waals surface area (Å²) in [5, 5.41) is 3.79. The molecule has 0 radical (unpaired) electrons. The monoisotopic (exact) mass is 294 g/mol. The molecule has 4 rings (SSSR count). The predicted octanol–water partition coefficient (Wildman–Crippen LogP) is 3.19. The lowest BCUT2D eigenvalue weighted by atomic mass is 10.1. The zero-order chi connectivity index (χ0) is 14.9. The summed E-state index contributed by atoms with van der Waals surface area (Å²) in [6.45, 7) is 1.07. The van der Waals surface area contributed by atoms with Crippen LogP contribution in [0.2, 0.25) is 0 Å². The maximum Gasteiger partial charge on any atom is 0.257 e. The minimum absolute atomic E-state index is 0.158. The number of anilines is 1. The van der Waals surface area contributed by atoms with Gasteiger partial charge in [0.2, 0.25) is 0 Å². The Labute approximate surface area is 126 Å². The Bertz CT molecular complexity index is 854. The van der Waals surface area contributed by atoms with Crippen molar-refractivity contribution in [2.24, 2.45) is 0 Å². The summed E-state index contributed by atoms with van der Waals surface area (Å²) in [5.41, 5.74) is 2.24. The average molecular weight is 294 g/mol. The van der Waals surface area contributed by atoms with E-state index in [0.717, 1.165) is 10.9 Å². The van der Waals surface area contributed by atoms with Crippen molar-refractivity contribution in [2.75, 3.05) is 18.5 Å². The van der Waals surface area contributed by atoms with Gasteiger partial charge in [0.25, 0.3) is 5.91 Å². The zero-order valence-corrected chi connectivity index (χ0v) is 11.8. The summed E-state index contributed by atoms with van der Waals surface area (Å²) >= 11 is 0. The number of para-hydroxylation sites is 1. The third-order valence-electron chi connectivity index (χ3n) is 3.63. The van der Waals surface area contributed by atoms with Gasteiger partial charge in [0.05, 0.1) is 5.56 Å². The Morgan fingerprint density at radius 3 is 2.77 bits per heavy atom. The van der Waals surface area contributed by atoms with Gasteiger partial charge < -0.3 is 19.8 Å². The van der Waals surface area contributed by atoms with Gasteiger partial charge in [-0.15, -0.1) is 0 Å². The Hall–Kier alpha value is -2.95. The molecule has 1 amide bonds. The van der Waals surface area contributed by atoms with E-state index in [4.69, 9.17) is 9.47 Å². The van der Waals surface area contributed by atoms with Gasteiger partial charge >= 0.3 is 0 Å². The fourth-order valence-corrected chi connectivity index (χ4v) is 2.58. The first-order valence-electron chi connectivity index (χ1n) is 7.08. The van der Waals surface area contributed by atoms with E-state index in [1.165, 1.54) is 0 Å². The summed E-state index contributed by atoms with van der Waals surface area (Å²) < 4.78 is 11.0. The highest BCUT2D eigenvalue weighted by molar-refractivity contribution is 6.12. The van der Waals surface area contributed by atoms with E-state index >= 15 is 0 Å². The molecule has 0 saturated carbocycles. The summed E-state index contributed by atoms with van der Waals surface area (Å²) in [7, 11) is 0. The van der Waals surface area contributed by atoms with Crippen LogP contribution in [0.1, 0.15) is 10.4 Å². The predicted molar refractivity (Wildman–Crippen MR) is 83.7 cm³/mol. The first-order valence-corrected chi connectivity index (χ1v) is 7.08. The molecule has 2 heterocycles. The molecule has 1 aromatic heterocycles. The summed E-state index contributed by atoms with van der Waals surface area (Å²) in [6.07, 6.45) is 1.72. The molecule has 0 fully saturated rings. The van der Waals surface area contributed by atoms with E-state index in [2.05, 4.69) is 10.3 Å². The Balaban J connectivity index is 1.62. The molecule has 5 heteroatoms. The lowest BCUT2D eigenvalue weighted by molar-refractivity contribution is 0.102. The van der Waals surface area contributed by atoms with Gasteiger partial charge in [-0.1, -0.05) is 18.2 Å². The SMILES string of the molecule is O=C(Nc1ccc2c(c1)OCCO2)c1c[nH]c2ccccc12. The Kier molecular flexibility index (Phi) is 2.96. The van der Waals surface area contributed by atoms with E-state index in [0.29, 0.717) is 36.0 Å². The number of carbonyl (C=O) groups excluding carboxylic acids is 1. The molecule has 2 aromatic carbocycles. The van der Waals surface area contributed by atoms with Crippen molar-refractivity contribution in [1.82, 2.24) is 4.98 Å². The highest BCUT2D eigenvalue weighted by Crippen LogP contribution is 2.32. The second-order valence-electron chi connectivity index (χ2n) is 5.06. The van der Waals surface area contributed by atoms with Crippen molar-refractivity contribution in [3.8, 4) is 11.5 Å². The number of aromatic amines is 1. The molecule has 0 bridgehead atoms. The molecule has 0 atom stereocenters. The normalized spacial score (nSPS) is 13.1. The number of H-pyrrole nitrogens is 1. The second-order valence-corrected chi connectivity index (χ2v) is 5.06. The number of hydrogen-bond donors (Lipinski definition) is 2. The van der Waals surface area contributed by atoms with Crippen LogP contribution in [0.25, 0.3) is 10.9 Å². The minimum Gasteiger partial charge on any atom is -0.486 e. The van der Waals surface area contributed by atoms with Crippen LogP contribution in [-0.2, 0) is 0 Å². The smallest absolute Gasteiger partial charge is 0.257 e. The molecule has 2 N–H and O–H groups in total. The molecule has 1 aliphatic heterocycles. The molecule has 0 saturated heterocycles. The first-order chi connectivity index (χ1) is 10.8. The number of carbonyl (C=O) groups is 1. The third-order valence-corrected chi connectivity index (χ3v) is 3.63. The van der Waals surface area contributed by atoms with Crippen molar-refractivity contribution in [2.45, 2.75) is 0 Å². The zero-order valence-electron chi connectivity index (χ0n) is 11.8. The van der Waals surface area contributed by atoms with E-state index in [1.807, 2.05) is 24.3 Å². The Morgan fingerprint density at radius 1 is 1.05 bits per heavy atom. The van der Waals surface area contributed by atoms with Crippen LogP contribution in [0, 0.1) is 0 Å². The maximum absolute atomic E-state index is 12.5. The fourth-order valence-electron chi connectivity index (χ4n) is 2.58. The van der Waals surface area contributed by atoms with E-state index in [-0.39, 0.29) is 5.91 Å². The standard InChI is InChI=1S/C17H14N2O3/c20-17(13-10-18-14-4-2-1-3-12(13)14)19-11-5-6-15-16(9-11)22-8-7-21-15/h1-6,9-10,18H,7-8H2,(H,19,20). The van der Waals surface area contributed by atoms with Crippen LogP contribution < -0.4 is 14.8 Å². The number of rotatable bonds is 2. The van der Waals surface area contributed by atoms with Gasteiger partial charge in [-0.2, -0.15) is 0 Å². The molecule has 0 aliphatic carbocycles. The second kappa shape index (κ2) is 5.11. The Morgan fingerprint density at radius 2 is 1.86 bits per heavy atom. The van der Waals surface area contributed by atoms with Crippen molar-refractivity contribution in [3.05, 3.63) is 54.2 Å². The van der Waals surface area contributed by atoms with E-state index in [1.54, 1.807) is 24.4 Å². The largest absolute Gasteiger partial charge is 0.486 e. The van der Waals surface area contributed by atoms with Gasteiger partial charge in [0, 0.05) is 28.9 Å². The van der Waals surface area contributed by atoms with Crippen molar-refractivity contribution in [1.29, 1.82) is 0 Å². The minimum atomic E-state index is -0.158. The summed E-state index contributed by atoms with van der Waals surface area (Å²) in [4.78, 5) is 15.6. The van der Waals surface area contributed by atoms with Crippen LogP contribution in [0.3, 0.4) is 0 Å². The summed E-state index contributed by atoms with van der Waals surface area (Å²) in [6, 6.07) is 13.1. The lowest BCUT2D eigenvalue weighted by Crippen LogP contribution is -2.16. The molecule has 22 heavy (non-hydrogen) atoms. The molecule has 110 valence electrons. The number of ether oxygens (including phenoxy) is 2. The van der Waals surface area contributed by atoms with Gasteiger partial charge in [-0.3, -0.25) is 4.79 Å². The third kappa shape index (κ3) is 2.16. The van der Waals surface area contributed by atoms with Crippen molar-refractivity contribution in [3.63, 3.8) is 0 Å². The average Bonchev–Trinajstić information content (AvgIpc) is 2.99.